The van der Waals surface area contributed by atoms with Crippen LogP contribution in [0, 0.1) is 59.2 Å². The fourth-order valence-electron chi connectivity index (χ4n) is 0. The maximum atomic E-state index is 6.25. The third kappa shape index (κ3) is 2890. The van der Waals surface area contributed by atoms with Crippen molar-refractivity contribution in [3.05, 3.63) is 32.9 Å². The van der Waals surface area contributed by atoms with Crippen LogP contribution in [-0.4, -0.2) is 5.48 Å². The van der Waals surface area contributed by atoms with Crippen LogP contribution in [0.1, 0.15) is 0 Å². The van der Waals surface area contributed by atoms with Gasteiger partial charge >= 0.3 is 106 Å². The van der Waals surface area contributed by atoms with Crippen LogP contribution in [0.2, 0.25) is 0 Å². The summed E-state index contributed by atoms with van der Waals surface area (Å²) in [6.07, 6.45) is 0. The van der Waals surface area contributed by atoms with E-state index in [4.69, 9.17) is 59.2 Å². The van der Waals surface area contributed by atoms with Gasteiger partial charge < -0.3 is 64.6 Å². The summed E-state index contributed by atoms with van der Waals surface area (Å²) in [4.78, 5) is 0. The van der Waals surface area contributed by atoms with Gasteiger partial charge in [-0.25, -0.2) is 0 Å². The van der Waals surface area contributed by atoms with Crippen LogP contribution < -0.4 is 88.7 Å². The molecule has 6 nitrogen and oxygen atoms in total. The second kappa shape index (κ2) is 3350. The topological polar surface area (TPSA) is 150 Å². The van der Waals surface area contributed by atoms with Crippen molar-refractivity contribution in [2.75, 3.05) is 0 Å². The Balaban J connectivity index is -0.00000000240. The minimum absolute atomic E-state index is 0. The number of nitrogens with zero attached hydrogens (tertiary/aromatic N) is 5. The molecule has 0 fully saturated rings. The van der Waals surface area contributed by atoms with Gasteiger partial charge in [0.1, 0.15) is 0 Å². The molecular weight excluding hydrogens is 271 g/mol. The Kier molecular flexibility index (Phi) is 22600. The Morgan fingerprint density at radius 3 is 0.400 bits per heavy atom. The molecule has 0 aliphatic heterocycles. The Morgan fingerprint density at radius 1 is 0.400 bits per heavy atom. The van der Waals surface area contributed by atoms with Crippen molar-refractivity contribution in [2.24, 2.45) is 0 Å². The van der Waals surface area contributed by atoms with Crippen molar-refractivity contribution in [1.29, 1.82) is 26.3 Å². The number of hydrogen-bond acceptors (Lipinski definition) is 5. The van der Waals surface area contributed by atoms with E-state index in [0.717, 1.165) is 0 Å². The molecule has 0 saturated heterocycles. The summed E-state index contributed by atoms with van der Waals surface area (Å²) in [7, 11) is 0. The molecule has 0 spiro atoms. The van der Waals surface area contributed by atoms with Gasteiger partial charge in [0, 0.05) is 0 Å². The zero-order chi connectivity index (χ0) is 10.0. The van der Waals surface area contributed by atoms with Crippen LogP contribution in [0.4, 0.5) is 0 Å². The molecule has 0 aromatic carbocycles. The van der Waals surface area contributed by atoms with Gasteiger partial charge in [0.15, 0.2) is 0 Å². The third-order valence-corrected chi connectivity index (χ3v) is 0. The van der Waals surface area contributed by atoms with E-state index < -0.39 is 0 Å². The molecule has 0 aliphatic carbocycles. The van der Waals surface area contributed by atoms with Crippen molar-refractivity contribution in [2.45, 2.75) is 0 Å². The molecule has 15 heavy (non-hydrogen) atoms. The monoisotopic (exact) mass is 273 g/mol. The van der Waals surface area contributed by atoms with Gasteiger partial charge in [-0.1, -0.05) is 0 Å². The number of hydrogen-bond donors (Lipinski definition) is 0. The maximum absolute atomic E-state index is 6.25. The van der Waals surface area contributed by atoms with Crippen molar-refractivity contribution < 1.29 is 111 Å². The van der Waals surface area contributed by atoms with Crippen LogP contribution in [-0.2, 0) is 17.1 Å². The fourth-order valence-corrected chi connectivity index (χ4v) is 0. The zero-order valence-corrected chi connectivity index (χ0v) is 15.7. The van der Waals surface area contributed by atoms with E-state index in [2.05, 4.69) is 0 Å². The predicted molar refractivity (Wildman–Crippen MR) is 28.5 cm³/mol. The first-order chi connectivity index (χ1) is 5.00. The molecule has 0 bridgehead atoms. The Hall–Kier alpha value is 0.929. The SMILES string of the molecule is O.[C-]#N.[C-]#N.[C-]#N.[C-]#N.[C-]#N.[Fe+2].[Na+].[Na+].[Na+]. The largest absolute Gasteiger partial charge is 2.00 e. The zero-order valence-electron chi connectivity index (χ0n) is 8.59. The van der Waals surface area contributed by atoms with Crippen molar-refractivity contribution in [3.8, 4) is 0 Å². The third-order valence-electron chi connectivity index (χ3n) is 0. The summed E-state index contributed by atoms with van der Waals surface area (Å²) in [5.41, 5.74) is 0. The molecule has 0 aromatic rings. The van der Waals surface area contributed by atoms with Gasteiger partial charge in [-0.3, -0.25) is 0 Å². The first-order valence-corrected chi connectivity index (χ1v) is 1.12. The second-order valence-electron chi connectivity index (χ2n) is 0. The predicted octanol–water partition coefficient (Wildman–Crippen LogP) is -9.33. The standard InChI is InChI=1S/5CN.Fe.3Na.H2O/c5*1-2;;;;;/h;;;;;;;;;1H2/q5*-1;+2;3*+1;. The van der Waals surface area contributed by atoms with Crippen molar-refractivity contribution in [1.82, 2.24) is 0 Å². The molecule has 0 amide bonds. The summed E-state index contributed by atoms with van der Waals surface area (Å²) in [6, 6.07) is 0. The van der Waals surface area contributed by atoms with E-state index in [1.807, 2.05) is 0 Å². The quantitative estimate of drug-likeness (QED) is 0.317. The summed E-state index contributed by atoms with van der Waals surface area (Å²) in [5, 5.41) is 31.2. The van der Waals surface area contributed by atoms with E-state index in [1.165, 1.54) is 0 Å². The smallest absolute Gasteiger partial charge is 0.512 e. The molecule has 64 valence electrons. The molecule has 0 unspecified atom stereocenters. The van der Waals surface area contributed by atoms with Gasteiger partial charge in [-0.15, -0.1) is 0 Å². The normalized spacial score (nSPS) is 0.667. The molecule has 0 heterocycles. The van der Waals surface area contributed by atoms with Crippen LogP contribution in [0.5, 0.6) is 0 Å². The van der Waals surface area contributed by atoms with Crippen molar-refractivity contribution >= 4 is 0 Å². The fraction of sp³-hybridized carbons (Fsp3) is 0. The average Bonchev–Trinajstić information content (AvgIpc) is 2.20. The second-order valence-corrected chi connectivity index (χ2v) is 0. The van der Waals surface area contributed by atoms with Crippen LogP contribution in [0.15, 0.2) is 0 Å². The van der Waals surface area contributed by atoms with Gasteiger partial charge in [0.25, 0.3) is 0 Å². The number of rotatable bonds is 0. The minimum atomic E-state index is 0. The van der Waals surface area contributed by atoms with Gasteiger partial charge in [0.2, 0.25) is 0 Å². The molecule has 0 saturated carbocycles. The van der Waals surface area contributed by atoms with E-state index in [9.17, 15) is 0 Å². The summed E-state index contributed by atoms with van der Waals surface area (Å²) >= 11 is 0. The molecule has 0 rings (SSSR count). The van der Waals surface area contributed by atoms with E-state index in [-0.39, 0.29) is 111 Å². The molecule has 2 N–H and O–H groups in total. The van der Waals surface area contributed by atoms with E-state index in [0.29, 0.717) is 0 Å². The van der Waals surface area contributed by atoms with E-state index in [1.54, 1.807) is 0 Å². The molecule has 0 aromatic heterocycles. The van der Waals surface area contributed by atoms with E-state index >= 15 is 0 Å². The minimum Gasteiger partial charge on any atom is -0.512 e. The first kappa shape index (κ1) is 101. The Bertz CT molecular complexity index is 89.2. The Labute approximate surface area is 168 Å². The summed E-state index contributed by atoms with van der Waals surface area (Å²) in [5.74, 6) is 0. The average molecular weight is 273 g/mol. The summed E-state index contributed by atoms with van der Waals surface area (Å²) < 4.78 is 0. The van der Waals surface area contributed by atoms with Crippen LogP contribution in [0.3, 0.4) is 0 Å². The summed E-state index contributed by atoms with van der Waals surface area (Å²) in [6.45, 7) is 23.8. The molecule has 0 aliphatic rings. The molecule has 0 radical (unpaired) electrons. The van der Waals surface area contributed by atoms with Gasteiger partial charge in [-0.05, 0) is 0 Å². The first-order valence-electron chi connectivity index (χ1n) is 1.12. The van der Waals surface area contributed by atoms with Gasteiger partial charge in [-0.2, -0.15) is 0 Å². The molecular formula is C5H2FeN5Na3O. The maximum Gasteiger partial charge on any atom is 2.00 e. The van der Waals surface area contributed by atoms with Gasteiger partial charge in [0.05, 0.1) is 0 Å². The van der Waals surface area contributed by atoms with Crippen molar-refractivity contribution in [3.63, 3.8) is 0 Å². The Morgan fingerprint density at radius 2 is 0.400 bits per heavy atom. The molecule has 0 atom stereocenters. The molecule has 10 heteroatoms. The van der Waals surface area contributed by atoms with Crippen LogP contribution in [0.25, 0.3) is 0 Å². The van der Waals surface area contributed by atoms with Crippen LogP contribution >= 0.6 is 0 Å².